The minimum atomic E-state index is 0.751. The maximum absolute atomic E-state index is 6.00. The normalized spacial score (nSPS) is 15.4. The highest BCUT2D eigenvalue weighted by molar-refractivity contribution is 5.66. The van der Waals surface area contributed by atoms with Gasteiger partial charge < -0.3 is 15.5 Å². The lowest BCUT2D eigenvalue weighted by molar-refractivity contribution is 0.652. The SMILES string of the molecule is Cc1cnccc1N1CCN(c2ccncc2N)CC1. The number of nitrogen functional groups attached to an aromatic ring is 1. The molecule has 0 unspecified atom stereocenters. The van der Waals surface area contributed by atoms with Crippen molar-refractivity contribution in [2.45, 2.75) is 6.92 Å². The summed E-state index contributed by atoms with van der Waals surface area (Å²) >= 11 is 0. The monoisotopic (exact) mass is 269 g/mol. The molecule has 0 amide bonds. The zero-order valence-corrected chi connectivity index (χ0v) is 11.7. The molecule has 1 aliphatic heterocycles. The molecule has 0 radical (unpaired) electrons. The van der Waals surface area contributed by atoms with Crippen molar-refractivity contribution in [1.82, 2.24) is 9.97 Å². The Balaban J connectivity index is 1.72. The van der Waals surface area contributed by atoms with Crippen LogP contribution in [0, 0.1) is 6.92 Å². The number of aryl methyl sites for hydroxylation is 1. The van der Waals surface area contributed by atoms with Crippen molar-refractivity contribution >= 4 is 17.1 Å². The molecule has 0 spiro atoms. The van der Waals surface area contributed by atoms with Crippen molar-refractivity contribution < 1.29 is 0 Å². The number of rotatable bonds is 2. The zero-order valence-electron chi connectivity index (χ0n) is 11.7. The van der Waals surface area contributed by atoms with Crippen molar-refractivity contribution in [3.63, 3.8) is 0 Å². The molecule has 20 heavy (non-hydrogen) atoms. The molecule has 104 valence electrons. The molecule has 0 bridgehead atoms. The van der Waals surface area contributed by atoms with Crippen molar-refractivity contribution in [1.29, 1.82) is 0 Å². The van der Waals surface area contributed by atoms with Crippen LogP contribution >= 0.6 is 0 Å². The molecule has 1 fully saturated rings. The second-order valence-electron chi connectivity index (χ2n) is 5.07. The van der Waals surface area contributed by atoms with Crippen LogP contribution in [0.25, 0.3) is 0 Å². The summed E-state index contributed by atoms with van der Waals surface area (Å²) in [5, 5.41) is 0. The third-order valence-electron chi connectivity index (χ3n) is 3.78. The molecule has 3 rings (SSSR count). The lowest BCUT2D eigenvalue weighted by atomic mass is 10.2. The van der Waals surface area contributed by atoms with Crippen LogP contribution in [0.1, 0.15) is 5.56 Å². The number of hydrogen-bond donors (Lipinski definition) is 1. The average Bonchev–Trinajstić information content (AvgIpc) is 2.49. The number of anilines is 3. The van der Waals surface area contributed by atoms with Gasteiger partial charge in [-0.1, -0.05) is 0 Å². The summed E-state index contributed by atoms with van der Waals surface area (Å²) in [6.45, 7) is 6.03. The highest BCUT2D eigenvalue weighted by Gasteiger charge is 2.19. The Morgan fingerprint density at radius 3 is 2.05 bits per heavy atom. The van der Waals surface area contributed by atoms with Crippen molar-refractivity contribution in [3.8, 4) is 0 Å². The number of hydrogen-bond acceptors (Lipinski definition) is 5. The predicted octanol–water partition coefficient (Wildman–Crippen LogP) is 1.69. The Labute approximate surface area is 119 Å². The highest BCUT2D eigenvalue weighted by Crippen LogP contribution is 2.25. The van der Waals surface area contributed by atoms with E-state index in [1.165, 1.54) is 11.3 Å². The molecule has 0 saturated carbocycles. The van der Waals surface area contributed by atoms with E-state index < -0.39 is 0 Å². The molecule has 0 aliphatic carbocycles. The van der Waals surface area contributed by atoms with Crippen LogP contribution in [0.5, 0.6) is 0 Å². The van der Waals surface area contributed by atoms with Gasteiger partial charge in [-0.15, -0.1) is 0 Å². The van der Waals surface area contributed by atoms with E-state index >= 15 is 0 Å². The topological polar surface area (TPSA) is 58.3 Å². The first kappa shape index (κ1) is 12.7. The minimum absolute atomic E-state index is 0.751. The quantitative estimate of drug-likeness (QED) is 0.899. The van der Waals surface area contributed by atoms with Crippen LogP contribution in [-0.2, 0) is 0 Å². The molecule has 0 atom stereocenters. The predicted molar refractivity (Wildman–Crippen MR) is 82.0 cm³/mol. The maximum atomic E-state index is 6.00. The van der Waals surface area contributed by atoms with Gasteiger partial charge in [0.25, 0.3) is 0 Å². The third-order valence-corrected chi connectivity index (χ3v) is 3.78. The number of nitrogens with two attached hydrogens (primary N) is 1. The van der Waals surface area contributed by atoms with E-state index in [0.717, 1.165) is 37.6 Å². The Hall–Kier alpha value is -2.30. The second-order valence-corrected chi connectivity index (χ2v) is 5.07. The van der Waals surface area contributed by atoms with Gasteiger partial charge in [0, 0.05) is 50.5 Å². The van der Waals surface area contributed by atoms with E-state index in [2.05, 4.69) is 32.8 Å². The minimum Gasteiger partial charge on any atom is -0.396 e. The largest absolute Gasteiger partial charge is 0.396 e. The fourth-order valence-corrected chi connectivity index (χ4v) is 2.70. The van der Waals surface area contributed by atoms with Gasteiger partial charge in [-0.05, 0) is 24.6 Å². The molecule has 2 aromatic rings. The molecule has 5 heteroatoms. The second kappa shape index (κ2) is 5.36. The van der Waals surface area contributed by atoms with Crippen molar-refractivity contribution in [2.75, 3.05) is 41.7 Å². The van der Waals surface area contributed by atoms with E-state index in [1.54, 1.807) is 12.4 Å². The lowest BCUT2D eigenvalue weighted by Crippen LogP contribution is -2.47. The van der Waals surface area contributed by atoms with Gasteiger partial charge in [0.2, 0.25) is 0 Å². The third kappa shape index (κ3) is 2.39. The van der Waals surface area contributed by atoms with Gasteiger partial charge in [0.05, 0.1) is 17.6 Å². The fourth-order valence-electron chi connectivity index (χ4n) is 2.70. The summed E-state index contributed by atoms with van der Waals surface area (Å²) < 4.78 is 0. The molecular weight excluding hydrogens is 250 g/mol. The standard InChI is InChI=1S/C15H19N5/c1-12-10-17-4-2-14(12)19-6-8-20(9-7-19)15-3-5-18-11-13(15)16/h2-5,10-11H,6-9,16H2,1H3. The van der Waals surface area contributed by atoms with Gasteiger partial charge in [0.1, 0.15) is 0 Å². The number of pyridine rings is 2. The number of nitrogens with zero attached hydrogens (tertiary/aromatic N) is 4. The van der Waals surface area contributed by atoms with Crippen molar-refractivity contribution in [2.24, 2.45) is 0 Å². The summed E-state index contributed by atoms with van der Waals surface area (Å²) in [4.78, 5) is 12.9. The lowest BCUT2D eigenvalue weighted by Gasteiger charge is -2.38. The first-order valence-electron chi connectivity index (χ1n) is 6.85. The average molecular weight is 269 g/mol. The van der Waals surface area contributed by atoms with Gasteiger partial charge in [-0.3, -0.25) is 9.97 Å². The summed E-state index contributed by atoms with van der Waals surface area (Å²) in [7, 11) is 0. The van der Waals surface area contributed by atoms with Gasteiger partial charge in [-0.25, -0.2) is 0 Å². The Morgan fingerprint density at radius 2 is 1.45 bits per heavy atom. The molecule has 1 saturated heterocycles. The Bertz CT molecular complexity index is 537. The van der Waals surface area contributed by atoms with E-state index in [1.807, 2.05) is 18.5 Å². The first-order chi connectivity index (χ1) is 9.75. The summed E-state index contributed by atoms with van der Waals surface area (Å²) in [6.07, 6.45) is 7.29. The Kier molecular flexibility index (Phi) is 3.41. The van der Waals surface area contributed by atoms with Crippen LogP contribution in [0.2, 0.25) is 0 Å². The molecule has 2 N–H and O–H groups in total. The van der Waals surface area contributed by atoms with E-state index in [9.17, 15) is 0 Å². The highest BCUT2D eigenvalue weighted by atomic mass is 15.3. The number of piperazine rings is 1. The summed E-state index contributed by atoms with van der Waals surface area (Å²) in [6, 6.07) is 4.08. The van der Waals surface area contributed by atoms with Crippen LogP contribution in [0.15, 0.2) is 36.9 Å². The molecular formula is C15H19N5. The summed E-state index contributed by atoms with van der Waals surface area (Å²) in [5.74, 6) is 0. The van der Waals surface area contributed by atoms with Crippen LogP contribution in [-0.4, -0.2) is 36.1 Å². The van der Waals surface area contributed by atoms with Gasteiger partial charge in [-0.2, -0.15) is 0 Å². The van der Waals surface area contributed by atoms with Gasteiger partial charge >= 0.3 is 0 Å². The molecule has 1 aliphatic rings. The molecule has 2 aromatic heterocycles. The zero-order chi connectivity index (χ0) is 13.9. The van der Waals surface area contributed by atoms with E-state index in [4.69, 9.17) is 5.73 Å². The van der Waals surface area contributed by atoms with E-state index in [0.29, 0.717) is 0 Å². The number of aromatic nitrogens is 2. The first-order valence-corrected chi connectivity index (χ1v) is 6.85. The molecule has 3 heterocycles. The molecule has 5 nitrogen and oxygen atoms in total. The smallest absolute Gasteiger partial charge is 0.0738 e. The van der Waals surface area contributed by atoms with Crippen LogP contribution < -0.4 is 15.5 Å². The van der Waals surface area contributed by atoms with Crippen LogP contribution in [0.3, 0.4) is 0 Å². The maximum Gasteiger partial charge on any atom is 0.0738 e. The molecule has 0 aromatic carbocycles. The van der Waals surface area contributed by atoms with Crippen molar-refractivity contribution in [3.05, 3.63) is 42.5 Å². The summed E-state index contributed by atoms with van der Waals surface area (Å²) in [5.41, 5.74) is 10.3. The van der Waals surface area contributed by atoms with Crippen LogP contribution in [0.4, 0.5) is 17.1 Å². The van der Waals surface area contributed by atoms with Gasteiger partial charge in [0.15, 0.2) is 0 Å². The van der Waals surface area contributed by atoms with E-state index in [-0.39, 0.29) is 0 Å². The fraction of sp³-hybridized carbons (Fsp3) is 0.333. The Morgan fingerprint density at radius 1 is 0.900 bits per heavy atom.